The average Bonchev–Trinajstić information content (AvgIpc) is 3.02. The van der Waals surface area contributed by atoms with Gasteiger partial charge in [0.2, 0.25) is 5.91 Å². The van der Waals surface area contributed by atoms with E-state index in [0.717, 1.165) is 11.3 Å². The van der Waals surface area contributed by atoms with Crippen LogP contribution in [-0.4, -0.2) is 45.9 Å². The zero-order chi connectivity index (χ0) is 15.9. The molecular weight excluding hydrogens is 284 g/mol. The molecule has 3 rings (SSSR count). The summed E-state index contributed by atoms with van der Waals surface area (Å²) in [6, 6.07) is 5.34. The van der Waals surface area contributed by atoms with E-state index in [1.165, 1.54) is 6.92 Å². The van der Waals surface area contributed by atoms with Crippen molar-refractivity contribution in [3.8, 4) is 0 Å². The number of amides is 3. The smallest absolute Gasteiger partial charge is 0.262 e. The fraction of sp³-hybridized carbons (Fsp3) is 0.438. The van der Waals surface area contributed by atoms with Gasteiger partial charge in [0.15, 0.2) is 0 Å². The lowest BCUT2D eigenvalue weighted by atomic mass is 10.1. The van der Waals surface area contributed by atoms with Crippen molar-refractivity contribution >= 4 is 17.7 Å². The van der Waals surface area contributed by atoms with Gasteiger partial charge in [0.25, 0.3) is 11.8 Å². The highest BCUT2D eigenvalue weighted by molar-refractivity contribution is 6.22. The number of hydrogen-bond donors (Lipinski definition) is 2. The maximum absolute atomic E-state index is 12.3. The average molecular weight is 302 g/mol. The summed E-state index contributed by atoms with van der Waals surface area (Å²) in [6.07, 6.45) is 1.67. The van der Waals surface area contributed by atoms with E-state index in [0.29, 0.717) is 24.0 Å². The van der Waals surface area contributed by atoms with Gasteiger partial charge in [-0.2, -0.15) is 0 Å². The molecule has 2 N–H and O–H groups in total. The summed E-state index contributed by atoms with van der Waals surface area (Å²) >= 11 is 0. The van der Waals surface area contributed by atoms with Crippen molar-refractivity contribution in [3.05, 3.63) is 35.4 Å². The first kappa shape index (κ1) is 14.7. The third-order valence-corrected chi connectivity index (χ3v) is 4.40. The van der Waals surface area contributed by atoms with Crippen LogP contribution in [0.4, 0.5) is 0 Å². The van der Waals surface area contributed by atoms with Crippen LogP contribution in [0.25, 0.3) is 0 Å². The molecule has 1 heterocycles. The number of nitrogens with one attached hydrogen (secondary N) is 1. The monoisotopic (exact) mass is 302 g/mol. The van der Waals surface area contributed by atoms with Crippen molar-refractivity contribution in [2.75, 3.05) is 0 Å². The summed E-state index contributed by atoms with van der Waals surface area (Å²) < 4.78 is 0. The molecule has 3 amide bonds. The van der Waals surface area contributed by atoms with E-state index >= 15 is 0 Å². The van der Waals surface area contributed by atoms with Crippen LogP contribution in [-0.2, 0) is 4.79 Å². The fourth-order valence-corrected chi connectivity index (χ4v) is 3.09. The van der Waals surface area contributed by atoms with Gasteiger partial charge >= 0.3 is 0 Å². The van der Waals surface area contributed by atoms with E-state index in [4.69, 9.17) is 0 Å². The van der Waals surface area contributed by atoms with E-state index in [1.54, 1.807) is 24.3 Å². The van der Waals surface area contributed by atoms with Crippen LogP contribution in [0.1, 0.15) is 46.9 Å². The topological polar surface area (TPSA) is 86.7 Å². The van der Waals surface area contributed by atoms with Gasteiger partial charge in [-0.15, -0.1) is 0 Å². The molecule has 6 nitrogen and oxygen atoms in total. The number of hydrogen-bond acceptors (Lipinski definition) is 4. The maximum atomic E-state index is 12.3. The Morgan fingerprint density at radius 1 is 1.23 bits per heavy atom. The van der Waals surface area contributed by atoms with Crippen molar-refractivity contribution in [1.82, 2.24) is 10.2 Å². The number of imide groups is 1. The Morgan fingerprint density at radius 2 is 1.82 bits per heavy atom. The Kier molecular flexibility index (Phi) is 3.70. The van der Waals surface area contributed by atoms with Gasteiger partial charge in [0, 0.05) is 0 Å². The van der Waals surface area contributed by atoms with Gasteiger partial charge in [0.1, 0.15) is 6.04 Å². The minimum absolute atomic E-state index is 0.301. The first-order valence-electron chi connectivity index (χ1n) is 7.46. The molecule has 0 radical (unpaired) electrons. The largest absolute Gasteiger partial charge is 0.391 e. The predicted molar refractivity (Wildman–Crippen MR) is 78.2 cm³/mol. The highest BCUT2D eigenvalue weighted by Crippen LogP contribution is 2.25. The molecule has 1 fully saturated rings. The quantitative estimate of drug-likeness (QED) is 0.805. The number of rotatable bonds is 3. The minimum atomic E-state index is -0.903. The summed E-state index contributed by atoms with van der Waals surface area (Å²) in [6.45, 7) is 1.53. The molecule has 22 heavy (non-hydrogen) atoms. The summed E-state index contributed by atoms with van der Waals surface area (Å²) in [7, 11) is 0. The number of aliphatic hydroxyl groups is 1. The van der Waals surface area contributed by atoms with Gasteiger partial charge in [-0.05, 0) is 38.3 Å². The molecule has 1 aliphatic heterocycles. The molecule has 0 spiro atoms. The fourth-order valence-electron chi connectivity index (χ4n) is 3.09. The first-order valence-corrected chi connectivity index (χ1v) is 7.46. The van der Waals surface area contributed by atoms with Crippen LogP contribution < -0.4 is 5.32 Å². The van der Waals surface area contributed by atoms with Crippen molar-refractivity contribution in [2.45, 2.75) is 44.4 Å². The van der Waals surface area contributed by atoms with E-state index in [1.807, 2.05) is 0 Å². The number of benzene rings is 1. The van der Waals surface area contributed by atoms with Gasteiger partial charge < -0.3 is 10.4 Å². The summed E-state index contributed by atoms with van der Waals surface area (Å²) in [5.41, 5.74) is 0.654. The second-order valence-electron chi connectivity index (χ2n) is 5.82. The third-order valence-electron chi connectivity index (χ3n) is 4.40. The molecule has 0 saturated heterocycles. The zero-order valence-corrected chi connectivity index (χ0v) is 12.3. The van der Waals surface area contributed by atoms with Crippen LogP contribution >= 0.6 is 0 Å². The molecule has 3 unspecified atom stereocenters. The summed E-state index contributed by atoms with van der Waals surface area (Å²) in [4.78, 5) is 38.0. The van der Waals surface area contributed by atoms with Crippen LogP contribution in [0, 0.1) is 0 Å². The van der Waals surface area contributed by atoms with Gasteiger partial charge in [-0.1, -0.05) is 12.1 Å². The number of carbonyl (C=O) groups is 3. The van der Waals surface area contributed by atoms with Crippen molar-refractivity contribution < 1.29 is 19.5 Å². The highest BCUT2D eigenvalue weighted by Gasteiger charge is 2.41. The Balaban J connectivity index is 1.75. The molecule has 1 saturated carbocycles. The number of aliphatic hydroxyl groups excluding tert-OH is 1. The number of carbonyl (C=O) groups excluding carboxylic acids is 3. The second-order valence-corrected chi connectivity index (χ2v) is 5.82. The highest BCUT2D eigenvalue weighted by atomic mass is 16.3. The predicted octanol–water partition coefficient (Wildman–Crippen LogP) is 0.701. The van der Waals surface area contributed by atoms with Crippen molar-refractivity contribution in [2.24, 2.45) is 0 Å². The molecule has 1 aromatic rings. The van der Waals surface area contributed by atoms with Gasteiger partial charge in [-0.25, -0.2) is 0 Å². The lowest BCUT2D eigenvalue weighted by Crippen LogP contribution is -2.51. The van der Waals surface area contributed by atoms with Crippen LogP contribution in [0.3, 0.4) is 0 Å². The van der Waals surface area contributed by atoms with E-state index < -0.39 is 29.9 Å². The zero-order valence-electron chi connectivity index (χ0n) is 12.3. The Bertz CT molecular complexity index is 608. The lowest BCUT2D eigenvalue weighted by molar-refractivity contribution is -0.125. The van der Waals surface area contributed by atoms with E-state index in [-0.39, 0.29) is 6.04 Å². The molecule has 1 aliphatic carbocycles. The Hall–Kier alpha value is -2.21. The van der Waals surface area contributed by atoms with Gasteiger partial charge in [-0.3, -0.25) is 19.3 Å². The minimum Gasteiger partial charge on any atom is -0.391 e. The molecule has 2 aliphatic rings. The molecule has 6 heteroatoms. The molecule has 1 aromatic carbocycles. The molecule has 0 bridgehead atoms. The molecule has 116 valence electrons. The van der Waals surface area contributed by atoms with E-state index in [2.05, 4.69) is 5.32 Å². The summed E-state index contributed by atoms with van der Waals surface area (Å²) in [5, 5.41) is 12.5. The lowest BCUT2D eigenvalue weighted by Gasteiger charge is -2.24. The van der Waals surface area contributed by atoms with Crippen LogP contribution in [0.5, 0.6) is 0 Å². The molecule has 0 aromatic heterocycles. The van der Waals surface area contributed by atoms with Crippen molar-refractivity contribution in [3.63, 3.8) is 0 Å². The summed E-state index contributed by atoms with van der Waals surface area (Å²) in [5.74, 6) is -1.31. The number of fused-ring (bicyclic) bond motifs is 1. The third kappa shape index (κ3) is 2.29. The standard InChI is InChI=1S/C16H18N2O4/c1-9(14(20)17-12-7-4-8-13(12)19)18-15(21)10-5-2-3-6-11(10)16(18)22/h2-3,5-6,9,12-13,19H,4,7-8H2,1H3,(H,17,20). The maximum Gasteiger partial charge on any atom is 0.262 e. The van der Waals surface area contributed by atoms with Crippen molar-refractivity contribution in [1.29, 1.82) is 0 Å². The molecular formula is C16H18N2O4. The van der Waals surface area contributed by atoms with Crippen LogP contribution in [0.15, 0.2) is 24.3 Å². The number of nitrogens with zero attached hydrogens (tertiary/aromatic N) is 1. The Labute approximate surface area is 128 Å². The Morgan fingerprint density at radius 3 is 2.32 bits per heavy atom. The second kappa shape index (κ2) is 5.53. The van der Waals surface area contributed by atoms with Crippen LogP contribution in [0.2, 0.25) is 0 Å². The van der Waals surface area contributed by atoms with E-state index in [9.17, 15) is 19.5 Å². The SMILES string of the molecule is CC(C(=O)NC1CCCC1O)N1C(=O)c2ccccc2C1=O. The molecule has 3 atom stereocenters. The first-order chi connectivity index (χ1) is 10.5. The van der Waals surface area contributed by atoms with Gasteiger partial charge in [0.05, 0.1) is 23.3 Å². The normalized spacial score (nSPS) is 25.3.